The molecule has 2 aromatic heterocycles. The van der Waals surface area contributed by atoms with Crippen LogP contribution < -0.4 is 4.90 Å². The van der Waals surface area contributed by atoms with Gasteiger partial charge in [-0.15, -0.1) is 0 Å². The third-order valence-corrected chi connectivity index (χ3v) is 4.55. The maximum Gasteiger partial charge on any atom is 0.420 e. The highest BCUT2D eigenvalue weighted by molar-refractivity contribution is 6.10. The predicted molar refractivity (Wildman–Crippen MR) is 105 cm³/mol. The van der Waals surface area contributed by atoms with Gasteiger partial charge < -0.3 is 15.0 Å². The summed E-state index contributed by atoms with van der Waals surface area (Å²) in [5.74, 6) is 0. The Bertz CT molecular complexity index is 1010. The number of aromatic amines is 1. The fraction of sp³-hybridized carbons (Fsp3) is 0.250. The van der Waals surface area contributed by atoms with Crippen LogP contribution in [-0.4, -0.2) is 46.2 Å². The van der Waals surface area contributed by atoms with Crippen molar-refractivity contribution in [2.45, 2.75) is 20.3 Å². The minimum Gasteiger partial charge on any atom is -0.464 e. The van der Waals surface area contributed by atoms with Crippen LogP contribution in [0.3, 0.4) is 0 Å². The standard InChI is InChI=1S/C20H22N4O3/c1-5-16-12(2)22-18-17(16)10-14(11-21-18)13-6-8-15(9-7-13)24(20(26)27)19(25)23(3)4/h6-11H,5H2,1-4H3,(H,21,22)(H,26,27). The summed E-state index contributed by atoms with van der Waals surface area (Å²) in [7, 11) is 3.02. The summed E-state index contributed by atoms with van der Waals surface area (Å²) < 4.78 is 0. The van der Waals surface area contributed by atoms with Gasteiger partial charge >= 0.3 is 12.1 Å². The lowest BCUT2D eigenvalue weighted by Gasteiger charge is -2.21. The van der Waals surface area contributed by atoms with Crippen LogP contribution in [0.1, 0.15) is 18.2 Å². The van der Waals surface area contributed by atoms with Crippen LogP contribution in [0.5, 0.6) is 0 Å². The molecular formula is C20H22N4O3. The van der Waals surface area contributed by atoms with Crippen LogP contribution in [0, 0.1) is 6.92 Å². The van der Waals surface area contributed by atoms with Crippen LogP contribution in [0.2, 0.25) is 0 Å². The fourth-order valence-corrected chi connectivity index (χ4v) is 3.17. The Morgan fingerprint density at radius 2 is 1.81 bits per heavy atom. The molecule has 3 aromatic rings. The zero-order valence-corrected chi connectivity index (χ0v) is 15.8. The van der Waals surface area contributed by atoms with Gasteiger partial charge in [-0.25, -0.2) is 14.6 Å². The van der Waals surface area contributed by atoms with Gasteiger partial charge in [0.2, 0.25) is 0 Å². The molecule has 2 heterocycles. The van der Waals surface area contributed by atoms with E-state index in [0.717, 1.165) is 39.2 Å². The van der Waals surface area contributed by atoms with Gasteiger partial charge in [-0.2, -0.15) is 4.90 Å². The number of fused-ring (bicyclic) bond motifs is 1. The molecule has 0 saturated carbocycles. The molecule has 0 radical (unpaired) electrons. The largest absolute Gasteiger partial charge is 0.464 e. The Balaban J connectivity index is 1.98. The van der Waals surface area contributed by atoms with Crippen molar-refractivity contribution in [3.8, 4) is 11.1 Å². The topological polar surface area (TPSA) is 89.5 Å². The Labute approximate surface area is 157 Å². The molecular weight excluding hydrogens is 344 g/mol. The monoisotopic (exact) mass is 366 g/mol. The maximum absolute atomic E-state index is 12.1. The number of benzene rings is 1. The van der Waals surface area contributed by atoms with Gasteiger partial charge in [-0.3, -0.25) is 0 Å². The van der Waals surface area contributed by atoms with Gasteiger partial charge in [0.05, 0.1) is 5.69 Å². The number of anilines is 1. The summed E-state index contributed by atoms with van der Waals surface area (Å²) in [6, 6.07) is 8.30. The molecule has 0 aliphatic rings. The summed E-state index contributed by atoms with van der Waals surface area (Å²) in [6.45, 7) is 4.15. The lowest BCUT2D eigenvalue weighted by Crippen LogP contribution is -2.42. The number of imide groups is 1. The Morgan fingerprint density at radius 3 is 2.37 bits per heavy atom. The van der Waals surface area contributed by atoms with E-state index in [-0.39, 0.29) is 0 Å². The van der Waals surface area contributed by atoms with E-state index in [0.29, 0.717) is 5.69 Å². The number of hydrogen-bond donors (Lipinski definition) is 2. The van der Waals surface area contributed by atoms with E-state index >= 15 is 0 Å². The van der Waals surface area contributed by atoms with Crippen LogP contribution >= 0.6 is 0 Å². The SMILES string of the molecule is CCc1c(C)[nH]c2ncc(-c3ccc(N(C(=O)O)C(=O)N(C)C)cc3)cc12. The molecule has 0 aliphatic heterocycles. The first-order chi connectivity index (χ1) is 12.8. The van der Waals surface area contributed by atoms with Crippen molar-refractivity contribution in [3.05, 3.63) is 47.8 Å². The summed E-state index contributed by atoms with van der Waals surface area (Å²) in [6.07, 6.45) is 1.38. The third-order valence-electron chi connectivity index (χ3n) is 4.55. The highest BCUT2D eigenvalue weighted by Gasteiger charge is 2.24. The van der Waals surface area contributed by atoms with E-state index in [1.54, 1.807) is 30.5 Å². The number of urea groups is 1. The first-order valence-corrected chi connectivity index (χ1v) is 8.65. The van der Waals surface area contributed by atoms with Crippen molar-refractivity contribution in [1.29, 1.82) is 0 Å². The van der Waals surface area contributed by atoms with E-state index in [4.69, 9.17) is 0 Å². The highest BCUT2D eigenvalue weighted by atomic mass is 16.4. The second-order valence-electron chi connectivity index (χ2n) is 6.54. The Kier molecular flexibility index (Phi) is 4.85. The zero-order chi connectivity index (χ0) is 19.7. The number of aromatic nitrogens is 2. The minimum atomic E-state index is -1.32. The number of aryl methyl sites for hydroxylation is 2. The smallest absolute Gasteiger partial charge is 0.420 e. The van der Waals surface area contributed by atoms with Gasteiger partial charge in [0.15, 0.2) is 0 Å². The summed E-state index contributed by atoms with van der Waals surface area (Å²) in [4.78, 5) is 33.3. The second-order valence-corrected chi connectivity index (χ2v) is 6.54. The van der Waals surface area contributed by atoms with Gasteiger partial charge in [0.25, 0.3) is 0 Å². The molecule has 2 N–H and O–H groups in total. The van der Waals surface area contributed by atoms with Gasteiger partial charge in [0, 0.05) is 36.9 Å². The van der Waals surface area contributed by atoms with Crippen LogP contribution in [-0.2, 0) is 6.42 Å². The molecule has 7 heteroatoms. The molecule has 3 amide bonds. The van der Waals surface area contributed by atoms with Crippen molar-refractivity contribution in [2.24, 2.45) is 0 Å². The van der Waals surface area contributed by atoms with E-state index in [9.17, 15) is 14.7 Å². The number of rotatable bonds is 3. The third kappa shape index (κ3) is 3.36. The lowest BCUT2D eigenvalue weighted by atomic mass is 10.0. The van der Waals surface area contributed by atoms with Crippen LogP contribution in [0.15, 0.2) is 36.5 Å². The molecule has 7 nitrogen and oxygen atoms in total. The molecule has 0 saturated heterocycles. The summed E-state index contributed by atoms with van der Waals surface area (Å²) in [5, 5.41) is 10.5. The summed E-state index contributed by atoms with van der Waals surface area (Å²) in [5.41, 5.74) is 5.35. The first kappa shape index (κ1) is 18.4. The normalized spacial score (nSPS) is 10.8. The molecule has 140 valence electrons. The number of H-pyrrole nitrogens is 1. The number of hydrogen-bond acceptors (Lipinski definition) is 3. The second kappa shape index (κ2) is 7.11. The number of nitrogens with one attached hydrogen (secondary N) is 1. The maximum atomic E-state index is 12.1. The molecule has 27 heavy (non-hydrogen) atoms. The van der Waals surface area contributed by atoms with Crippen molar-refractivity contribution >= 4 is 28.8 Å². The number of amides is 3. The lowest BCUT2D eigenvalue weighted by molar-refractivity contribution is 0.194. The number of pyridine rings is 1. The molecule has 0 spiro atoms. The molecule has 0 unspecified atom stereocenters. The van der Waals surface area contributed by atoms with Gasteiger partial charge in [-0.05, 0) is 42.7 Å². The van der Waals surface area contributed by atoms with Crippen molar-refractivity contribution in [3.63, 3.8) is 0 Å². The fourth-order valence-electron chi connectivity index (χ4n) is 3.17. The van der Waals surface area contributed by atoms with Crippen molar-refractivity contribution < 1.29 is 14.7 Å². The average molecular weight is 366 g/mol. The van der Waals surface area contributed by atoms with Crippen LogP contribution in [0.25, 0.3) is 22.2 Å². The van der Waals surface area contributed by atoms with E-state index in [1.165, 1.54) is 24.6 Å². The minimum absolute atomic E-state index is 0.297. The molecule has 3 rings (SSSR count). The van der Waals surface area contributed by atoms with E-state index < -0.39 is 12.1 Å². The van der Waals surface area contributed by atoms with Gasteiger partial charge in [0.1, 0.15) is 5.65 Å². The van der Waals surface area contributed by atoms with Gasteiger partial charge in [-0.1, -0.05) is 19.1 Å². The zero-order valence-electron chi connectivity index (χ0n) is 15.8. The molecule has 0 bridgehead atoms. The Hall–Kier alpha value is -3.35. The molecule has 0 atom stereocenters. The summed E-state index contributed by atoms with van der Waals surface area (Å²) >= 11 is 0. The predicted octanol–water partition coefficient (Wildman–Crippen LogP) is 4.27. The number of carbonyl (C=O) groups is 2. The average Bonchev–Trinajstić information content (AvgIpc) is 2.96. The molecule has 0 aliphatic carbocycles. The number of carbonyl (C=O) groups excluding carboxylic acids is 1. The number of carboxylic acid groups (broad SMARTS) is 1. The quantitative estimate of drug-likeness (QED) is 0.724. The van der Waals surface area contributed by atoms with E-state index in [1.807, 2.05) is 6.92 Å². The first-order valence-electron chi connectivity index (χ1n) is 8.65. The number of nitrogens with zero attached hydrogens (tertiary/aromatic N) is 3. The van der Waals surface area contributed by atoms with E-state index in [2.05, 4.69) is 23.0 Å². The molecule has 1 aromatic carbocycles. The highest BCUT2D eigenvalue weighted by Crippen LogP contribution is 2.28. The van der Waals surface area contributed by atoms with Crippen molar-refractivity contribution in [1.82, 2.24) is 14.9 Å². The Morgan fingerprint density at radius 1 is 1.15 bits per heavy atom. The van der Waals surface area contributed by atoms with Crippen molar-refractivity contribution in [2.75, 3.05) is 19.0 Å². The van der Waals surface area contributed by atoms with Crippen LogP contribution in [0.4, 0.5) is 15.3 Å². The molecule has 0 fully saturated rings.